The van der Waals surface area contributed by atoms with Crippen molar-refractivity contribution in [3.05, 3.63) is 53.3 Å². The summed E-state index contributed by atoms with van der Waals surface area (Å²) in [7, 11) is 0. The largest absolute Gasteiger partial charge is 0.507 e. The minimum Gasteiger partial charge on any atom is -0.507 e. The van der Waals surface area contributed by atoms with E-state index in [1.54, 1.807) is 22.4 Å². The van der Waals surface area contributed by atoms with Crippen molar-refractivity contribution in [1.82, 2.24) is 25.0 Å². The Hall–Kier alpha value is -2.88. The second-order valence-corrected chi connectivity index (χ2v) is 10.1. The maximum atomic E-state index is 13.0. The van der Waals surface area contributed by atoms with E-state index in [1.165, 1.54) is 11.1 Å². The Labute approximate surface area is 203 Å². The van der Waals surface area contributed by atoms with Crippen LogP contribution in [0.4, 0.5) is 0 Å². The van der Waals surface area contributed by atoms with Crippen molar-refractivity contribution in [3.63, 3.8) is 0 Å². The molecule has 1 aromatic heterocycles. The number of aryl methyl sites for hydroxylation is 1. The smallest absolute Gasteiger partial charge is 0.289 e. The fourth-order valence-corrected chi connectivity index (χ4v) is 5.42. The van der Waals surface area contributed by atoms with Crippen LogP contribution in [-0.4, -0.2) is 68.8 Å². The van der Waals surface area contributed by atoms with Gasteiger partial charge in [0.2, 0.25) is 5.82 Å². The number of aromatic nitrogens is 3. The average molecular weight is 480 g/mol. The van der Waals surface area contributed by atoms with Crippen molar-refractivity contribution in [3.8, 4) is 22.8 Å². The summed E-state index contributed by atoms with van der Waals surface area (Å²) in [5.74, 6) is 1.48. The van der Waals surface area contributed by atoms with Crippen LogP contribution in [-0.2, 0) is 17.7 Å². The molecule has 3 aromatic rings. The van der Waals surface area contributed by atoms with Crippen LogP contribution in [0.25, 0.3) is 17.1 Å². The summed E-state index contributed by atoms with van der Waals surface area (Å²) in [5.41, 5.74) is 3.72. The fraction of sp³-hybridized carbons (Fsp3) is 0.400. The van der Waals surface area contributed by atoms with Gasteiger partial charge in [-0.2, -0.15) is 0 Å². The van der Waals surface area contributed by atoms with Crippen LogP contribution in [0.5, 0.6) is 5.75 Å². The molecule has 2 N–H and O–H groups in total. The van der Waals surface area contributed by atoms with E-state index in [0.717, 1.165) is 55.6 Å². The number of aromatic hydroxyl groups is 1. The highest BCUT2D eigenvalue weighted by atomic mass is 32.2. The van der Waals surface area contributed by atoms with Crippen molar-refractivity contribution in [2.24, 2.45) is 0 Å². The first kappa shape index (κ1) is 22.9. The Morgan fingerprint density at radius 2 is 1.94 bits per heavy atom. The standard InChI is InChI=1S/C25H29N5O3S/c1-16(2)26-25(32)24-28-27-23(20-13-18-7-12-34-22(18)14-21(20)31)30(24)19-5-3-17(4-6-19)15-29-8-10-33-11-9-29/h3-6,13-14,16,31H,7-12,15H2,1-2H3,(H,26,32). The number of carbonyl (C=O) groups is 1. The van der Waals surface area contributed by atoms with Crippen LogP contribution in [0.1, 0.15) is 35.6 Å². The number of benzene rings is 2. The number of morpholine rings is 1. The number of carbonyl (C=O) groups excluding carboxylic acids is 1. The molecule has 0 unspecified atom stereocenters. The summed E-state index contributed by atoms with van der Waals surface area (Å²) in [5, 5.41) is 22.3. The molecule has 5 rings (SSSR count). The zero-order valence-corrected chi connectivity index (χ0v) is 20.3. The summed E-state index contributed by atoms with van der Waals surface area (Å²) < 4.78 is 7.18. The molecule has 0 bridgehead atoms. The van der Waals surface area contributed by atoms with Gasteiger partial charge in [-0.3, -0.25) is 14.3 Å². The first-order chi connectivity index (χ1) is 16.5. The number of amides is 1. The van der Waals surface area contributed by atoms with Crippen LogP contribution in [0.2, 0.25) is 0 Å². The number of fused-ring (bicyclic) bond motifs is 1. The summed E-state index contributed by atoms with van der Waals surface area (Å²) in [6.45, 7) is 8.04. The van der Waals surface area contributed by atoms with Gasteiger partial charge in [0.15, 0.2) is 5.82 Å². The van der Waals surface area contributed by atoms with E-state index in [4.69, 9.17) is 4.74 Å². The molecule has 9 heteroatoms. The van der Waals surface area contributed by atoms with E-state index in [1.807, 2.05) is 32.0 Å². The topological polar surface area (TPSA) is 92.5 Å². The number of nitrogens with zero attached hydrogens (tertiary/aromatic N) is 4. The zero-order chi connectivity index (χ0) is 23.7. The molecule has 0 saturated carbocycles. The Morgan fingerprint density at radius 3 is 2.68 bits per heavy atom. The summed E-state index contributed by atoms with van der Waals surface area (Å²) in [6, 6.07) is 11.8. The van der Waals surface area contributed by atoms with Gasteiger partial charge in [-0.05, 0) is 55.7 Å². The van der Waals surface area contributed by atoms with Gasteiger partial charge in [0.05, 0.1) is 18.8 Å². The molecule has 0 radical (unpaired) electrons. The van der Waals surface area contributed by atoms with Crippen molar-refractivity contribution >= 4 is 17.7 Å². The van der Waals surface area contributed by atoms with Crippen LogP contribution < -0.4 is 5.32 Å². The number of ether oxygens (including phenoxy) is 1. The lowest BCUT2D eigenvalue weighted by Gasteiger charge is -2.26. The highest BCUT2D eigenvalue weighted by Gasteiger charge is 2.25. The molecule has 2 aliphatic rings. The quantitative estimate of drug-likeness (QED) is 0.561. The molecule has 1 saturated heterocycles. The van der Waals surface area contributed by atoms with Crippen molar-refractivity contribution < 1.29 is 14.6 Å². The molecule has 1 amide bonds. The van der Waals surface area contributed by atoms with Gasteiger partial charge in [0, 0.05) is 42.0 Å². The highest BCUT2D eigenvalue weighted by Crippen LogP contribution is 2.40. The third-order valence-corrected chi connectivity index (χ3v) is 7.14. The summed E-state index contributed by atoms with van der Waals surface area (Å²) >= 11 is 1.74. The predicted octanol–water partition coefficient (Wildman–Crippen LogP) is 3.26. The monoisotopic (exact) mass is 479 g/mol. The first-order valence-corrected chi connectivity index (χ1v) is 12.6. The number of thioether (sulfide) groups is 1. The maximum absolute atomic E-state index is 13.0. The number of phenolic OH excluding ortho intramolecular Hbond substituents is 1. The molecule has 34 heavy (non-hydrogen) atoms. The molecule has 0 atom stereocenters. The first-order valence-electron chi connectivity index (χ1n) is 11.6. The summed E-state index contributed by atoms with van der Waals surface area (Å²) in [6.07, 6.45) is 0.943. The van der Waals surface area contributed by atoms with E-state index < -0.39 is 0 Å². The van der Waals surface area contributed by atoms with E-state index in [0.29, 0.717) is 11.4 Å². The van der Waals surface area contributed by atoms with Crippen LogP contribution >= 0.6 is 11.8 Å². The Balaban J connectivity index is 1.53. The van der Waals surface area contributed by atoms with Gasteiger partial charge < -0.3 is 15.2 Å². The van der Waals surface area contributed by atoms with E-state index in [-0.39, 0.29) is 23.5 Å². The second kappa shape index (κ2) is 9.77. The van der Waals surface area contributed by atoms with Gasteiger partial charge in [0.25, 0.3) is 5.91 Å². The molecule has 0 spiro atoms. The molecule has 0 aliphatic carbocycles. The average Bonchev–Trinajstić information content (AvgIpc) is 3.46. The van der Waals surface area contributed by atoms with Crippen LogP contribution in [0, 0.1) is 0 Å². The molecular weight excluding hydrogens is 450 g/mol. The number of hydrogen-bond donors (Lipinski definition) is 2. The lowest BCUT2D eigenvalue weighted by atomic mass is 10.1. The predicted molar refractivity (Wildman–Crippen MR) is 132 cm³/mol. The normalized spacial score (nSPS) is 16.1. The molecular formula is C25H29N5O3S. The van der Waals surface area contributed by atoms with Crippen molar-refractivity contribution in [1.29, 1.82) is 0 Å². The third kappa shape index (κ3) is 4.68. The number of phenols is 1. The summed E-state index contributed by atoms with van der Waals surface area (Å²) in [4.78, 5) is 16.4. The second-order valence-electron chi connectivity index (χ2n) is 8.94. The van der Waals surface area contributed by atoms with Gasteiger partial charge in [-0.1, -0.05) is 12.1 Å². The SMILES string of the molecule is CC(C)NC(=O)c1nnc(-c2cc3c(cc2O)SCC3)n1-c1ccc(CN2CCOCC2)cc1. The molecule has 2 aliphatic heterocycles. The highest BCUT2D eigenvalue weighted by molar-refractivity contribution is 7.99. The Kier molecular flexibility index (Phi) is 6.58. The molecule has 8 nitrogen and oxygen atoms in total. The van der Waals surface area contributed by atoms with E-state index >= 15 is 0 Å². The van der Waals surface area contributed by atoms with Gasteiger partial charge >= 0.3 is 0 Å². The lowest BCUT2D eigenvalue weighted by molar-refractivity contribution is 0.0342. The minimum atomic E-state index is -0.303. The molecule has 178 valence electrons. The van der Waals surface area contributed by atoms with Gasteiger partial charge in [0.1, 0.15) is 5.75 Å². The van der Waals surface area contributed by atoms with E-state index in [9.17, 15) is 9.90 Å². The molecule has 2 aromatic carbocycles. The molecule has 3 heterocycles. The Morgan fingerprint density at radius 1 is 1.18 bits per heavy atom. The maximum Gasteiger partial charge on any atom is 0.289 e. The van der Waals surface area contributed by atoms with Gasteiger partial charge in [-0.15, -0.1) is 22.0 Å². The van der Waals surface area contributed by atoms with Crippen LogP contribution in [0.3, 0.4) is 0 Å². The fourth-order valence-electron chi connectivity index (χ4n) is 4.34. The van der Waals surface area contributed by atoms with Crippen molar-refractivity contribution in [2.45, 2.75) is 37.8 Å². The van der Waals surface area contributed by atoms with Crippen LogP contribution in [0.15, 0.2) is 41.3 Å². The van der Waals surface area contributed by atoms with Gasteiger partial charge in [-0.25, -0.2) is 0 Å². The molecule has 1 fully saturated rings. The van der Waals surface area contributed by atoms with Crippen molar-refractivity contribution in [2.75, 3.05) is 32.1 Å². The third-order valence-electron chi connectivity index (χ3n) is 6.04. The zero-order valence-electron chi connectivity index (χ0n) is 19.5. The number of nitrogens with one attached hydrogen (secondary N) is 1. The number of hydrogen-bond acceptors (Lipinski definition) is 7. The number of rotatable bonds is 6. The lowest BCUT2D eigenvalue weighted by Crippen LogP contribution is -2.35. The minimum absolute atomic E-state index is 0.0394. The van der Waals surface area contributed by atoms with E-state index in [2.05, 4.69) is 32.5 Å². The Bertz CT molecular complexity index is 1190.